The zero-order chi connectivity index (χ0) is 19.6. The van der Waals surface area contributed by atoms with Crippen molar-refractivity contribution in [2.24, 2.45) is 0 Å². The maximum absolute atomic E-state index is 12.8. The average molecular weight is 393 g/mol. The second-order valence-corrected chi connectivity index (χ2v) is 8.60. The van der Waals surface area contributed by atoms with Gasteiger partial charge < -0.3 is 14.2 Å². The van der Waals surface area contributed by atoms with Gasteiger partial charge in [0, 0.05) is 32.2 Å². The summed E-state index contributed by atoms with van der Waals surface area (Å²) in [7, 11) is -3.61. The second-order valence-electron chi connectivity index (χ2n) is 6.66. The summed E-state index contributed by atoms with van der Waals surface area (Å²) in [4.78, 5) is 14.2. The molecule has 0 aliphatic carbocycles. The molecule has 1 aliphatic heterocycles. The van der Waals surface area contributed by atoms with Crippen molar-refractivity contribution in [1.29, 1.82) is 0 Å². The molecule has 1 aromatic carbocycles. The Kier molecular flexibility index (Phi) is 5.52. The van der Waals surface area contributed by atoms with Crippen molar-refractivity contribution in [3.63, 3.8) is 0 Å². The molecule has 0 radical (unpaired) electrons. The molecule has 0 spiro atoms. The van der Waals surface area contributed by atoms with Gasteiger partial charge in [-0.3, -0.25) is 4.79 Å². The Hall–Kier alpha value is -2.39. The van der Waals surface area contributed by atoms with Crippen LogP contribution in [0.1, 0.15) is 30.1 Å². The highest BCUT2D eigenvalue weighted by atomic mass is 32.2. The predicted molar refractivity (Wildman–Crippen MR) is 98.1 cm³/mol. The first-order chi connectivity index (χ1) is 12.8. The van der Waals surface area contributed by atoms with E-state index in [1.54, 1.807) is 42.2 Å². The van der Waals surface area contributed by atoms with Gasteiger partial charge in [0.05, 0.1) is 11.0 Å². The molecule has 1 aliphatic rings. The summed E-state index contributed by atoms with van der Waals surface area (Å²) in [6.45, 7) is 6.60. The number of aryl methyl sites for hydroxylation is 1. The van der Waals surface area contributed by atoms with E-state index in [0.29, 0.717) is 24.6 Å². The Morgan fingerprint density at radius 2 is 1.78 bits per heavy atom. The molecule has 1 amide bonds. The number of benzene rings is 1. The lowest BCUT2D eigenvalue weighted by molar-refractivity contribution is 0.0687. The maximum atomic E-state index is 12.8. The van der Waals surface area contributed by atoms with E-state index in [0.717, 1.165) is 0 Å². The zero-order valence-corrected chi connectivity index (χ0v) is 16.4. The first-order valence-electron chi connectivity index (χ1n) is 8.77. The van der Waals surface area contributed by atoms with Crippen LogP contribution in [0, 0.1) is 6.92 Å². The number of nitrogens with zero attached hydrogens (tertiary/aromatic N) is 3. The van der Waals surface area contributed by atoms with Gasteiger partial charge in [0.25, 0.3) is 5.91 Å². The minimum Gasteiger partial charge on any atom is -0.491 e. The van der Waals surface area contributed by atoms with Gasteiger partial charge in [-0.1, -0.05) is 5.16 Å². The number of hydrogen-bond donors (Lipinski definition) is 0. The van der Waals surface area contributed by atoms with Crippen molar-refractivity contribution in [1.82, 2.24) is 14.4 Å². The molecule has 9 heteroatoms. The van der Waals surface area contributed by atoms with Crippen LogP contribution in [0.15, 0.2) is 39.8 Å². The molecule has 1 aromatic heterocycles. The van der Waals surface area contributed by atoms with Crippen LogP contribution in [-0.4, -0.2) is 61.0 Å². The van der Waals surface area contributed by atoms with E-state index >= 15 is 0 Å². The van der Waals surface area contributed by atoms with Crippen LogP contribution in [0.2, 0.25) is 0 Å². The van der Waals surface area contributed by atoms with Crippen LogP contribution in [-0.2, 0) is 10.0 Å². The maximum Gasteiger partial charge on any atom is 0.276 e. The second kappa shape index (κ2) is 7.69. The highest BCUT2D eigenvalue weighted by Crippen LogP contribution is 2.22. The third-order valence-electron chi connectivity index (χ3n) is 4.21. The van der Waals surface area contributed by atoms with Gasteiger partial charge in [0.15, 0.2) is 5.69 Å². The first-order valence-corrected chi connectivity index (χ1v) is 10.2. The van der Waals surface area contributed by atoms with Crippen molar-refractivity contribution < 1.29 is 22.5 Å². The Morgan fingerprint density at radius 1 is 1.15 bits per heavy atom. The molecule has 146 valence electrons. The smallest absolute Gasteiger partial charge is 0.276 e. The monoisotopic (exact) mass is 393 g/mol. The lowest BCUT2D eigenvalue weighted by Crippen LogP contribution is -2.50. The minimum atomic E-state index is -3.61. The zero-order valence-electron chi connectivity index (χ0n) is 15.6. The van der Waals surface area contributed by atoms with E-state index < -0.39 is 10.0 Å². The number of rotatable bonds is 5. The third-order valence-corrected chi connectivity index (χ3v) is 6.12. The summed E-state index contributed by atoms with van der Waals surface area (Å²) in [5.41, 5.74) is 0.240. The number of ether oxygens (including phenoxy) is 1. The molecular weight excluding hydrogens is 370 g/mol. The fourth-order valence-corrected chi connectivity index (χ4v) is 4.29. The molecule has 1 fully saturated rings. The van der Waals surface area contributed by atoms with Gasteiger partial charge in [-0.2, -0.15) is 4.31 Å². The minimum absolute atomic E-state index is 0.0200. The molecule has 0 saturated carbocycles. The van der Waals surface area contributed by atoms with Crippen molar-refractivity contribution in [2.75, 3.05) is 26.2 Å². The first kappa shape index (κ1) is 19.4. The molecule has 0 unspecified atom stereocenters. The van der Waals surface area contributed by atoms with Crippen LogP contribution in [0.4, 0.5) is 0 Å². The van der Waals surface area contributed by atoms with Gasteiger partial charge in [0.2, 0.25) is 10.0 Å². The molecular formula is C18H23N3O5S. The molecule has 27 heavy (non-hydrogen) atoms. The summed E-state index contributed by atoms with van der Waals surface area (Å²) in [5, 5.41) is 3.72. The average Bonchev–Trinajstić information content (AvgIpc) is 3.07. The fourth-order valence-electron chi connectivity index (χ4n) is 2.87. The SMILES string of the molecule is Cc1cc(C(=O)N2CCN(S(=O)(=O)c3ccc(OC(C)C)cc3)CC2)no1. The van der Waals surface area contributed by atoms with Crippen LogP contribution in [0.5, 0.6) is 5.75 Å². The van der Waals surface area contributed by atoms with Gasteiger partial charge in [0.1, 0.15) is 11.5 Å². The summed E-state index contributed by atoms with van der Waals surface area (Å²) < 4.78 is 37.5. The van der Waals surface area contributed by atoms with E-state index in [2.05, 4.69) is 5.16 Å². The number of piperazine rings is 1. The highest BCUT2D eigenvalue weighted by Gasteiger charge is 2.31. The lowest BCUT2D eigenvalue weighted by atomic mass is 10.3. The Bertz CT molecular complexity index is 897. The van der Waals surface area contributed by atoms with Crippen molar-refractivity contribution in [3.05, 3.63) is 41.8 Å². The Morgan fingerprint density at radius 3 is 2.30 bits per heavy atom. The topological polar surface area (TPSA) is 93.0 Å². The van der Waals surface area contributed by atoms with E-state index in [-0.39, 0.29) is 35.7 Å². The number of aromatic nitrogens is 1. The van der Waals surface area contributed by atoms with Gasteiger partial charge in [-0.25, -0.2) is 8.42 Å². The highest BCUT2D eigenvalue weighted by molar-refractivity contribution is 7.89. The van der Waals surface area contributed by atoms with Crippen LogP contribution in [0.3, 0.4) is 0 Å². The number of amides is 1. The largest absolute Gasteiger partial charge is 0.491 e. The molecule has 2 heterocycles. The van der Waals surface area contributed by atoms with Gasteiger partial charge >= 0.3 is 0 Å². The molecule has 0 bridgehead atoms. The van der Waals surface area contributed by atoms with Crippen molar-refractivity contribution in [3.8, 4) is 5.75 Å². The number of hydrogen-bond acceptors (Lipinski definition) is 6. The Balaban J connectivity index is 1.65. The molecule has 2 aromatic rings. The molecule has 3 rings (SSSR count). The standard InChI is InChI=1S/C18H23N3O5S/c1-13(2)25-15-4-6-16(7-5-15)27(23,24)21-10-8-20(9-11-21)18(22)17-12-14(3)26-19-17/h4-7,12-13H,8-11H2,1-3H3. The van der Waals surface area contributed by atoms with Crippen molar-refractivity contribution >= 4 is 15.9 Å². The van der Waals surface area contributed by atoms with Gasteiger partial charge in [-0.15, -0.1) is 0 Å². The van der Waals surface area contributed by atoms with Gasteiger partial charge in [-0.05, 0) is 45.0 Å². The number of sulfonamides is 1. The van der Waals surface area contributed by atoms with E-state index in [1.165, 1.54) is 4.31 Å². The third kappa shape index (κ3) is 4.30. The quantitative estimate of drug-likeness (QED) is 0.770. The van der Waals surface area contributed by atoms with E-state index in [9.17, 15) is 13.2 Å². The normalized spacial score (nSPS) is 15.9. The van der Waals surface area contributed by atoms with Crippen LogP contribution >= 0.6 is 0 Å². The summed E-state index contributed by atoms with van der Waals surface area (Å²) in [6, 6.07) is 7.97. The summed E-state index contributed by atoms with van der Waals surface area (Å²) in [5.74, 6) is 0.936. The summed E-state index contributed by atoms with van der Waals surface area (Å²) >= 11 is 0. The number of carbonyl (C=O) groups excluding carboxylic acids is 1. The van der Waals surface area contributed by atoms with Crippen LogP contribution in [0.25, 0.3) is 0 Å². The molecule has 8 nitrogen and oxygen atoms in total. The predicted octanol–water partition coefficient (Wildman–Crippen LogP) is 1.92. The molecule has 0 atom stereocenters. The number of carbonyl (C=O) groups is 1. The molecule has 0 N–H and O–H groups in total. The molecule has 1 saturated heterocycles. The lowest BCUT2D eigenvalue weighted by Gasteiger charge is -2.33. The fraction of sp³-hybridized carbons (Fsp3) is 0.444. The van der Waals surface area contributed by atoms with E-state index in [1.807, 2.05) is 13.8 Å². The van der Waals surface area contributed by atoms with Crippen LogP contribution < -0.4 is 4.74 Å². The Labute approximate surface area is 158 Å². The van der Waals surface area contributed by atoms with Crippen molar-refractivity contribution in [2.45, 2.75) is 31.8 Å². The summed E-state index contributed by atoms with van der Waals surface area (Å²) in [6.07, 6.45) is 0.0200. The van der Waals surface area contributed by atoms with E-state index in [4.69, 9.17) is 9.26 Å².